The number of benzene rings is 8. The number of aryl methyl sites for hydroxylation is 3. The lowest BCUT2D eigenvalue weighted by atomic mass is 9.87. The van der Waals surface area contributed by atoms with Gasteiger partial charge >= 0.3 is 0 Å². The highest BCUT2D eigenvalue weighted by Crippen LogP contribution is 2.34. The van der Waals surface area contributed by atoms with Crippen LogP contribution in [-0.2, 0) is 81.4 Å². The third kappa shape index (κ3) is 21.1. The molecule has 0 amide bonds. The number of rotatable bonds is 19. The normalized spacial score (nSPS) is 12.2. The minimum Gasteiger partial charge on any atom is -0.310 e. The van der Waals surface area contributed by atoms with E-state index in [0.29, 0.717) is 53.4 Å². The average Bonchev–Trinajstić information content (AvgIpc) is 1.62. The Kier molecular flexibility index (Phi) is 25.5. The van der Waals surface area contributed by atoms with E-state index in [4.69, 9.17) is 6.57 Å². The van der Waals surface area contributed by atoms with Crippen molar-refractivity contribution in [2.24, 2.45) is 0 Å². The molecule has 0 aliphatic heterocycles. The van der Waals surface area contributed by atoms with Crippen molar-refractivity contribution in [1.29, 1.82) is 0 Å². The van der Waals surface area contributed by atoms with Gasteiger partial charge in [-0.1, -0.05) is 198 Å². The van der Waals surface area contributed by atoms with Crippen LogP contribution in [0.3, 0.4) is 0 Å². The molecule has 8 aromatic heterocycles. The molecular weight excluding hydrogens is 1640 g/mol. The maximum Gasteiger partial charge on any atom is 0.263 e. The molecule has 0 fully saturated rings. The molecule has 0 atom stereocenters. The van der Waals surface area contributed by atoms with Crippen molar-refractivity contribution >= 4 is 107 Å². The SMILES string of the molecule is Cc1cc(NS(=O)(=O)c2ccc(C(C)(C)C)cc2)n(-c2cc3ccccc3cn2)n1.Cc1cc(NS(=O)(=O)c2ccc(C(C)(C)C)cc2)n(Cc2cccc3cnccc23)n1.Cc1cc(NS(=O)(=O)c2ccc(C(C)(C)C)cc2)n(Cc2cccc3ncccc23)n1.[C-]#[N+]Cc1cc(NS(=O)(=O)c2ccc(C(C)(C)C)cc2)n(-c2cccc3ncccc23)n1. The maximum atomic E-state index is 13.2. The Morgan fingerprint density at radius 3 is 1.21 bits per heavy atom. The smallest absolute Gasteiger partial charge is 0.263 e. The van der Waals surface area contributed by atoms with Crippen molar-refractivity contribution in [2.75, 3.05) is 18.9 Å². The Labute approximate surface area is 724 Å². The predicted octanol–water partition coefficient (Wildman–Crippen LogP) is 19.5. The first-order chi connectivity index (χ1) is 58.6. The topological polar surface area (TPSA) is 312 Å². The van der Waals surface area contributed by atoms with E-state index < -0.39 is 40.1 Å². The predicted molar refractivity (Wildman–Crippen MR) is 492 cm³/mol. The molecule has 0 saturated carbocycles. The number of fused-ring (bicyclic) bond motifs is 4. The van der Waals surface area contributed by atoms with E-state index in [0.717, 1.165) is 88.1 Å². The molecular formula is C95H99N17O8S4. The molecule has 0 radical (unpaired) electrons. The molecule has 8 aromatic carbocycles. The lowest BCUT2D eigenvalue weighted by Crippen LogP contribution is -2.17. The minimum absolute atomic E-state index is 0.0422. The third-order valence-electron chi connectivity index (χ3n) is 20.5. The number of anilines is 4. The van der Waals surface area contributed by atoms with Gasteiger partial charge in [0.2, 0.25) is 0 Å². The summed E-state index contributed by atoms with van der Waals surface area (Å²) in [7, 11) is -15.1. The van der Waals surface area contributed by atoms with Crippen LogP contribution < -0.4 is 18.9 Å². The van der Waals surface area contributed by atoms with Gasteiger partial charge in [0.1, 0.15) is 29.0 Å². The van der Waals surface area contributed by atoms with E-state index >= 15 is 0 Å². The first-order valence-electron chi connectivity index (χ1n) is 40.0. The van der Waals surface area contributed by atoms with Gasteiger partial charge in [0.05, 0.1) is 66.5 Å². The van der Waals surface area contributed by atoms with E-state index in [-0.39, 0.29) is 53.6 Å². The highest BCUT2D eigenvalue weighted by atomic mass is 32.2. The zero-order chi connectivity index (χ0) is 88.9. The lowest BCUT2D eigenvalue weighted by Gasteiger charge is -2.19. The summed E-state index contributed by atoms with van der Waals surface area (Å²) < 4.78 is 122. The van der Waals surface area contributed by atoms with Gasteiger partial charge in [-0.3, -0.25) is 33.8 Å². The van der Waals surface area contributed by atoms with Gasteiger partial charge in [-0.2, -0.15) is 25.1 Å². The quantitative estimate of drug-likeness (QED) is 0.0547. The molecule has 0 aliphatic carbocycles. The van der Waals surface area contributed by atoms with Crippen LogP contribution in [0.1, 0.15) is 139 Å². The highest BCUT2D eigenvalue weighted by molar-refractivity contribution is 7.93. The molecule has 0 saturated heterocycles. The standard InChI is InChI=1S/C24H23N5O2S.2C24H26N4O2S.C23H24N4O2S/c1-24(2,3)17-10-12-19(13-11-17)32(30,31)28-23-15-18(16-25-4)27-29(23)22-9-5-8-21-20(22)7-6-14-26-21;1-17-15-23(27-31(29,30)20-12-10-19(11-13-20)24(2,3)4)28(26-17)16-18-7-5-9-22-21(18)8-6-14-25-22;1-17-14-23(27-31(29,30)21-10-8-20(9-11-21)24(2,3)4)28(26-17)16-19-7-5-6-18-15-25-13-12-22(18)19;1-16-13-22(26-30(28,29)20-11-9-19(10-12-20)23(2,3)4)27(25-16)21-14-17-7-5-6-8-18(17)15-24-21/h5-15,28H,16H2,1-3H3;2*5-15,27H,16H2,1-4H3;5-15,26H,1-4H3. The van der Waals surface area contributed by atoms with Crippen molar-refractivity contribution < 1.29 is 33.7 Å². The Balaban J connectivity index is 0.000000142. The van der Waals surface area contributed by atoms with Crippen molar-refractivity contribution in [2.45, 2.75) is 165 Å². The summed E-state index contributed by atoms with van der Waals surface area (Å²) in [6.07, 6.45) is 8.79. The van der Waals surface area contributed by atoms with Crippen LogP contribution in [0.4, 0.5) is 23.3 Å². The van der Waals surface area contributed by atoms with Gasteiger partial charge < -0.3 is 4.85 Å². The first kappa shape index (κ1) is 88.5. The van der Waals surface area contributed by atoms with E-state index in [2.05, 4.69) is 147 Å². The van der Waals surface area contributed by atoms with E-state index in [1.54, 1.807) is 107 Å². The van der Waals surface area contributed by atoms with Crippen LogP contribution in [-0.4, -0.2) is 92.7 Å². The van der Waals surface area contributed by atoms with E-state index in [1.807, 2.05) is 191 Å². The minimum atomic E-state index is -3.86. The van der Waals surface area contributed by atoms with Crippen molar-refractivity contribution in [3.63, 3.8) is 0 Å². The number of aromatic nitrogens is 12. The van der Waals surface area contributed by atoms with Crippen LogP contribution in [0.15, 0.2) is 287 Å². The van der Waals surface area contributed by atoms with Gasteiger partial charge in [0, 0.05) is 76.8 Å². The fraction of sp³-hybridized carbons (Fsp3) is 0.232. The number of nitrogens with one attached hydrogen (secondary N) is 4. The monoisotopic (exact) mass is 1730 g/mol. The van der Waals surface area contributed by atoms with Crippen molar-refractivity contribution in [3.8, 4) is 11.5 Å². The molecule has 124 heavy (non-hydrogen) atoms. The molecule has 8 heterocycles. The summed E-state index contributed by atoms with van der Waals surface area (Å²) in [4.78, 5) is 21.6. The maximum absolute atomic E-state index is 13.2. The molecule has 636 valence electrons. The van der Waals surface area contributed by atoms with Crippen LogP contribution in [0.2, 0.25) is 0 Å². The van der Waals surface area contributed by atoms with Crippen LogP contribution in [0.25, 0.3) is 59.7 Å². The Morgan fingerprint density at radius 1 is 0.347 bits per heavy atom. The Hall–Kier alpha value is -13.3. The summed E-state index contributed by atoms with van der Waals surface area (Å²) in [6, 6.07) is 71.4. The summed E-state index contributed by atoms with van der Waals surface area (Å²) in [5.41, 5.74) is 11.1. The molecule has 16 rings (SSSR count). The first-order valence-corrected chi connectivity index (χ1v) is 46.0. The second-order valence-corrected chi connectivity index (χ2v) is 41.0. The Morgan fingerprint density at radius 2 is 0.742 bits per heavy atom. The molecule has 0 aliphatic rings. The Bertz CT molecular complexity index is 6890. The van der Waals surface area contributed by atoms with Gasteiger partial charge in [-0.15, -0.1) is 0 Å². The molecule has 4 N–H and O–H groups in total. The van der Waals surface area contributed by atoms with Crippen LogP contribution in [0.5, 0.6) is 0 Å². The number of hydrogen-bond donors (Lipinski definition) is 4. The molecule has 0 spiro atoms. The number of sulfonamides is 4. The number of nitrogens with zero attached hydrogens (tertiary/aromatic N) is 13. The molecule has 0 bridgehead atoms. The summed E-state index contributed by atoms with van der Waals surface area (Å²) in [5, 5.41) is 23.9. The lowest BCUT2D eigenvalue weighted by molar-refractivity contribution is 0.587. The second-order valence-electron chi connectivity index (χ2n) is 34.2. The largest absolute Gasteiger partial charge is 0.310 e. The number of pyridine rings is 4. The summed E-state index contributed by atoms with van der Waals surface area (Å²) in [6.45, 7) is 38.7. The van der Waals surface area contributed by atoms with Crippen molar-refractivity contribution in [1.82, 2.24) is 59.1 Å². The average molecular weight is 1740 g/mol. The fourth-order valence-corrected chi connectivity index (χ4v) is 18.0. The molecule has 25 nitrogen and oxygen atoms in total. The highest BCUT2D eigenvalue weighted by Gasteiger charge is 2.27. The van der Waals surface area contributed by atoms with Gasteiger partial charge in [-0.25, -0.2) is 59.3 Å². The van der Waals surface area contributed by atoms with Crippen molar-refractivity contribution in [3.05, 3.63) is 335 Å². The van der Waals surface area contributed by atoms with Gasteiger partial charge in [-0.05, 0) is 184 Å². The van der Waals surface area contributed by atoms with Gasteiger partial charge in [0.25, 0.3) is 46.6 Å². The van der Waals surface area contributed by atoms with E-state index in [1.165, 1.54) is 9.36 Å². The molecule has 0 unspecified atom stereocenters. The zero-order valence-corrected chi connectivity index (χ0v) is 75.0. The van der Waals surface area contributed by atoms with E-state index in [9.17, 15) is 33.7 Å². The zero-order valence-electron chi connectivity index (χ0n) is 71.7. The fourth-order valence-electron chi connectivity index (χ4n) is 13.8. The van der Waals surface area contributed by atoms with Crippen LogP contribution in [0, 0.1) is 27.3 Å². The number of hydrogen-bond acceptors (Lipinski definition) is 16. The van der Waals surface area contributed by atoms with Crippen LogP contribution >= 0.6 is 0 Å². The second kappa shape index (κ2) is 35.7. The summed E-state index contributed by atoms with van der Waals surface area (Å²) >= 11 is 0. The molecule has 29 heteroatoms. The summed E-state index contributed by atoms with van der Waals surface area (Å²) in [5.74, 6) is 2.01. The molecule has 16 aromatic rings. The third-order valence-corrected chi connectivity index (χ3v) is 26.0. The van der Waals surface area contributed by atoms with Gasteiger partial charge in [0.15, 0.2) is 5.82 Å².